The van der Waals surface area contributed by atoms with Crippen molar-refractivity contribution >= 4 is 50.4 Å². The van der Waals surface area contributed by atoms with E-state index in [0.29, 0.717) is 31.3 Å². The molecule has 2 N–H and O–H groups in total. The minimum Gasteiger partial charge on any atom is -0.345 e. The monoisotopic (exact) mass is 404 g/mol. The number of thiocarbonyl (C=S) groups is 1. The van der Waals surface area contributed by atoms with Gasteiger partial charge in [-0.1, -0.05) is 0 Å². The van der Waals surface area contributed by atoms with Crippen LogP contribution in [0.2, 0.25) is 0 Å². The van der Waals surface area contributed by atoms with Crippen LogP contribution in [0.3, 0.4) is 0 Å². The summed E-state index contributed by atoms with van der Waals surface area (Å²) in [7, 11) is -3.15. The summed E-state index contributed by atoms with van der Waals surface area (Å²) in [5.41, 5.74) is 4.61. The zero-order valence-electron chi connectivity index (χ0n) is 13.9. The standard InChI is InChI=1S/C14H21ClN6O2S2/c1-25(22,23)21-8-6-20(7-9-21)14(24)19-18-11-3-5-16-12-10(15)2-4-17-13(11)12/h2,4,10,12,16H,3,5-9H2,1H3,(H,19,24)/b18-11-. The van der Waals surface area contributed by atoms with Crippen LogP contribution in [0.4, 0.5) is 0 Å². The van der Waals surface area contributed by atoms with Gasteiger partial charge in [0.05, 0.1) is 29.1 Å². The Morgan fingerprint density at radius 3 is 2.84 bits per heavy atom. The molecule has 0 aromatic rings. The maximum Gasteiger partial charge on any atom is 0.211 e. The molecule has 2 unspecified atom stereocenters. The molecule has 2 fully saturated rings. The summed E-state index contributed by atoms with van der Waals surface area (Å²) in [4.78, 5) is 6.32. The average molecular weight is 405 g/mol. The SMILES string of the molecule is CS(=O)(=O)N1CCN(C(=S)N/N=C2/CCNC3C2=NC=CC3Cl)CC1. The number of hydrogen-bond acceptors (Lipinski definition) is 6. The predicted molar refractivity (Wildman–Crippen MR) is 104 cm³/mol. The fourth-order valence-electron chi connectivity index (χ4n) is 3.01. The number of nitrogens with one attached hydrogen (secondary N) is 2. The van der Waals surface area contributed by atoms with Crippen molar-refractivity contribution in [3.05, 3.63) is 12.3 Å². The summed E-state index contributed by atoms with van der Waals surface area (Å²) in [6, 6.07) is -0.0344. The maximum atomic E-state index is 11.6. The Bertz CT molecular complexity index is 728. The van der Waals surface area contributed by atoms with Gasteiger partial charge in [-0.05, 0) is 18.3 Å². The summed E-state index contributed by atoms with van der Waals surface area (Å²) in [5.74, 6) is 0. The van der Waals surface area contributed by atoms with E-state index in [1.165, 1.54) is 10.6 Å². The number of aliphatic imine (C=N–C) groups is 1. The smallest absolute Gasteiger partial charge is 0.211 e. The van der Waals surface area contributed by atoms with Gasteiger partial charge in [-0.15, -0.1) is 11.6 Å². The zero-order chi connectivity index (χ0) is 18.0. The molecule has 0 aromatic heterocycles. The molecule has 25 heavy (non-hydrogen) atoms. The summed E-state index contributed by atoms with van der Waals surface area (Å²) in [6.07, 6.45) is 5.52. The summed E-state index contributed by atoms with van der Waals surface area (Å²) < 4.78 is 24.6. The van der Waals surface area contributed by atoms with Crippen molar-refractivity contribution in [1.82, 2.24) is 19.9 Å². The first kappa shape index (κ1) is 18.7. The second-order valence-corrected chi connectivity index (χ2v) is 8.98. The largest absolute Gasteiger partial charge is 0.345 e. The highest BCUT2D eigenvalue weighted by molar-refractivity contribution is 7.88. The van der Waals surface area contributed by atoms with Crippen LogP contribution in [0, 0.1) is 0 Å². The first-order chi connectivity index (χ1) is 11.9. The number of alkyl halides is 1. The summed E-state index contributed by atoms with van der Waals surface area (Å²) in [5, 5.41) is 8.12. The fourth-order valence-corrected chi connectivity index (χ4v) is 4.34. The van der Waals surface area contributed by atoms with Crippen molar-refractivity contribution in [3.8, 4) is 0 Å². The molecule has 3 heterocycles. The van der Waals surface area contributed by atoms with E-state index in [1.807, 2.05) is 11.0 Å². The number of hydrazone groups is 1. The Kier molecular flexibility index (Phi) is 5.74. The van der Waals surface area contributed by atoms with Gasteiger partial charge >= 0.3 is 0 Å². The van der Waals surface area contributed by atoms with Crippen LogP contribution in [0.5, 0.6) is 0 Å². The van der Waals surface area contributed by atoms with Gasteiger partial charge in [-0.3, -0.25) is 10.4 Å². The Balaban J connectivity index is 1.59. The number of rotatable bonds is 2. The number of piperidine rings is 1. The lowest BCUT2D eigenvalue weighted by Gasteiger charge is -2.34. The highest BCUT2D eigenvalue weighted by Gasteiger charge is 2.32. The molecule has 0 radical (unpaired) electrons. The lowest BCUT2D eigenvalue weighted by Crippen LogP contribution is -2.54. The molecule has 138 valence electrons. The molecule has 3 aliphatic rings. The minimum atomic E-state index is -3.15. The van der Waals surface area contributed by atoms with Gasteiger partial charge in [0.1, 0.15) is 0 Å². The topological polar surface area (TPSA) is 89.4 Å². The molecule has 0 aliphatic carbocycles. The van der Waals surface area contributed by atoms with Crippen LogP contribution in [0.25, 0.3) is 0 Å². The first-order valence-corrected chi connectivity index (χ1v) is 10.7. The third-order valence-electron chi connectivity index (χ3n) is 4.40. The van der Waals surface area contributed by atoms with Crippen molar-refractivity contribution in [2.45, 2.75) is 17.8 Å². The third kappa shape index (κ3) is 4.37. The molecule has 3 aliphatic heterocycles. The van der Waals surface area contributed by atoms with Crippen molar-refractivity contribution in [2.75, 3.05) is 39.0 Å². The van der Waals surface area contributed by atoms with E-state index in [2.05, 4.69) is 20.8 Å². The highest BCUT2D eigenvalue weighted by Crippen LogP contribution is 2.17. The van der Waals surface area contributed by atoms with Gasteiger partial charge in [0, 0.05) is 45.3 Å². The fraction of sp³-hybridized carbons (Fsp3) is 0.643. The Morgan fingerprint density at radius 1 is 1.44 bits per heavy atom. The number of halogens is 1. The van der Waals surface area contributed by atoms with Crippen LogP contribution in [0.1, 0.15) is 6.42 Å². The molecule has 2 atom stereocenters. The van der Waals surface area contributed by atoms with Crippen LogP contribution in [-0.2, 0) is 10.0 Å². The van der Waals surface area contributed by atoms with Gasteiger partial charge in [0.15, 0.2) is 5.11 Å². The van der Waals surface area contributed by atoms with E-state index in [0.717, 1.165) is 24.4 Å². The average Bonchev–Trinajstić information content (AvgIpc) is 2.59. The molecule has 8 nitrogen and oxygen atoms in total. The number of nitrogens with zero attached hydrogens (tertiary/aromatic N) is 4. The van der Waals surface area contributed by atoms with Gasteiger partial charge < -0.3 is 10.2 Å². The second-order valence-electron chi connectivity index (χ2n) is 6.11. The Morgan fingerprint density at radius 2 is 2.16 bits per heavy atom. The van der Waals surface area contributed by atoms with Crippen LogP contribution < -0.4 is 10.7 Å². The second kappa shape index (κ2) is 7.67. The molecular weight excluding hydrogens is 384 g/mol. The van der Waals surface area contributed by atoms with Crippen LogP contribution >= 0.6 is 23.8 Å². The van der Waals surface area contributed by atoms with Crippen molar-refractivity contribution in [2.24, 2.45) is 10.1 Å². The number of sulfonamides is 1. The first-order valence-electron chi connectivity index (χ1n) is 8.05. The molecule has 0 bridgehead atoms. The molecule has 11 heteroatoms. The van der Waals surface area contributed by atoms with Crippen molar-refractivity contribution < 1.29 is 8.42 Å². The molecule has 0 aromatic carbocycles. The van der Waals surface area contributed by atoms with Gasteiger partial charge in [0.25, 0.3) is 0 Å². The maximum absolute atomic E-state index is 11.6. The molecule has 0 saturated carbocycles. The van der Waals surface area contributed by atoms with Crippen LogP contribution in [-0.4, -0.2) is 84.6 Å². The van der Waals surface area contributed by atoms with Gasteiger partial charge in [-0.2, -0.15) is 9.41 Å². The van der Waals surface area contributed by atoms with E-state index >= 15 is 0 Å². The number of hydrogen-bond donors (Lipinski definition) is 2. The lowest BCUT2D eigenvalue weighted by atomic mass is 9.95. The van der Waals surface area contributed by atoms with Crippen molar-refractivity contribution in [1.29, 1.82) is 0 Å². The Hall–Kier alpha value is -1.07. The number of fused-ring (bicyclic) bond motifs is 1. The highest BCUT2D eigenvalue weighted by atomic mass is 35.5. The Labute approximate surface area is 158 Å². The van der Waals surface area contributed by atoms with Gasteiger partial charge in [-0.25, -0.2) is 8.42 Å². The molecule has 2 saturated heterocycles. The van der Waals surface area contributed by atoms with Crippen LogP contribution in [0.15, 0.2) is 22.4 Å². The summed E-state index contributed by atoms with van der Waals surface area (Å²) in [6.45, 7) is 2.72. The zero-order valence-corrected chi connectivity index (χ0v) is 16.2. The number of piperazine rings is 1. The van der Waals surface area contributed by atoms with E-state index < -0.39 is 10.0 Å². The molecular formula is C14H21ClN6O2S2. The van der Waals surface area contributed by atoms with E-state index in [4.69, 9.17) is 23.8 Å². The quantitative estimate of drug-likeness (QED) is 0.374. The van der Waals surface area contributed by atoms with Gasteiger partial charge in [0.2, 0.25) is 10.0 Å². The van der Waals surface area contributed by atoms with Crippen molar-refractivity contribution in [3.63, 3.8) is 0 Å². The molecule has 0 amide bonds. The molecule has 0 spiro atoms. The third-order valence-corrected chi connectivity index (χ3v) is 6.45. The predicted octanol–water partition coefficient (Wildman–Crippen LogP) is -0.268. The normalized spacial score (nSPS) is 29.3. The van der Waals surface area contributed by atoms with E-state index in [-0.39, 0.29) is 11.4 Å². The molecule has 3 rings (SSSR count). The minimum absolute atomic E-state index is 0.0344. The van der Waals surface area contributed by atoms with E-state index in [9.17, 15) is 8.42 Å². The lowest BCUT2D eigenvalue weighted by molar-refractivity contribution is 0.265. The van der Waals surface area contributed by atoms with E-state index in [1.54, 1.807) is 6.20 Å². The summed E-state index contributed by atoms with van der Waals surface area (Å²) >= 11 is 11.7.